The normalized spacial score (nSPS) is 12.2. The van der Waals surface area contributed by atoms with Gasteiger partial charge in [-0.25, -0.2) is 4.39 Å². The number of hydrogen-bond acceptors (Lipinski definition) is 1. The summed E-state index contributed by atoms with van der Waals surface area (Å²) in [4.78, 5) is 0. The van der Waals surface area contributed by atoms with Crippen LogP contribution in [0.5, 0.6) is 5.75 Å². The minimum atomic E-state index is -0.306. The van der Waals surface area contributed by atoms with Gasteiger partial charge in [-0.15, -0.1) is 11.6 Å². The van der Waals surface area contributed by atoms with E-state index >= 15 is 0 Å². The van der Waals surface area contributed by atoms with E-state index in [0.717, 1.165) is 23.3 Å². The summed E-state index contributed by atoms with van der Waals surface area (Å²) in [6.45, 7) is 4.49. The fourth-order valence-corrected chi connectivity index (χ4v) is 2.27. The molecule has 1 nitrogen and oxygen atoms in total. The maximum atomic E-state index is 13.3. The van der Waals surface area contributed by atoms with Crippen molar-refractivity contribution in [2.24, 2.45) is 0 Å². The van der Waals surface area contributed by atoms with E-state index in [4.69, 9.17) is 16.3 Å². The second kappa shape index (κ2) is 6.76. The molecule has 0 spiro atoms. The Hall–Kier alpha value is -1.54. The van der Waals surface area contributed by atoms with E-state index < -0.39 is 0 Å². The first-order valence-corrected chi connectivity index (χ1v) is 7.18. The maximum absolute atomic E-state index is 13.3. The smallest absolute Gasteiger partial charge is 0.126 e. The van der Waals surface area contributed by atoms with Crippen molar-refractivity contribution in [1.82, 2.24) is 0 Å². The summed E-state index contributed by atoms with van der Waals surface area (Å²) in [6, 6.07) is 12.7. The summed E-state index contributed by atoms with van der Waals surface area (Å²) in [6.07, 6.45) is 0.964. The lowest BCUT2D eigenvalue weighted by Gasteiger charge is -2.13. The minimum Gasteiger partial charge on any atom is -0.494 e. The molecule has 0 aliphatic rings. The van der Waals surface area contributed by atoms with Crippen LogP contribution < -0.4 is 4.74 Å². The zero-order chi connectivity index (χ0) is 14.5. The Morgan fingerprint density at radius 3 is 2.60 bits per heavy atom. The highest BCUT2D eigenvalue weighted by molar-refractivity contribution is 6.22. The summed E-state index contributed by atoms with van der Waals surface area (Å²) in [7, 11) is 0. The molecule has 0 N–H and O–H groups in total. The van der Waals surface area contributed by atoms with Gasteiger partial charge in [0.2, 0.25) is 0 Å². The van der Waals surface area contributed by atoms with Crippen LogP contribution in [-0.4, -0.2) is 6.61 Å². The molecule has 0 fully saturated rings. The molecule has 2 aromatic rings. The number of ether oxygens (including phenoxy) is 1. The number of halogens is 2. The standard InChI is InChI=1S/C17H18ClFO/c1-3-9-20-15-6-4-5-13(11-15)17(18)14-7-8-16(19)12(2)10-14/h4-8,10-11,17H,3,9H2,1-2H3. The average Bonchev–Trinajstić information content (AvgIpc) is 2.47. The zero-order valence-corrected chi connectivity index (χ0v) is 12.5. The van der Waals surface area contributed by atoms with Crippen LogP contribution in [0.2, 0.25) is 0 Å². The predicted octanol–water partition coefficient (Wildman–Crippen LogP) is 5.25. The molecule has 0 radical (unpaired) electrons. The van der Waals surface area contributed by atoms with Gasteiger partial charge >= 0.3 is 0 Å². The molecule has 106 valence electrons. The van der Waals surface area contributed by atoms with Crippen LogP contribution in [0.3, 0.4) is 0 Å². The number of hydrogen-bond donors (Lipinski definition) is 0. The van der Waals surface area contributed by atoms with Crippen LogP contribution in [-0.2, 0) is 0 Å². The highest BCUT2D eigenvalue weighted by Gasteiger charge is 2.12. The summed E-state index contributed by atoms with van der Waals surface area (Å²) in [5.41, 5.74) is 2.44. The Balaban J connectivity index is 2.23. The lowest BCUT2D eigenvalue weighted by molar-refractivity contribution is 0.317. The Morgan fingerprint density at radius 2 is 1.90 bits per heavy atom. The SMILES string of the molecule is CCCOc1cccc(C(Cl)c2ccc(F)c(C)c2)c1. The summed E-state index contributed by atoms with van der Waals surface area (Å²) < 4.78 is 18.9. The van der Waals surface area contributed by atoms with Gasteiger partial charge in [0.1, 0.15) is 11.6 Å². The second-order valence-electron chi connectivity index (χ2n) is 4.79. The second-order valence-corrected chi connectivity index (χ2v) is 5.23. The molecule has 2 rings (SSSR count). The highest BCUT2D eigenvalue weighted by Crippen LogP contribution is 2.31. The first-order chi connectivity index (χ1) is 9.61. The van der Waals surface area contributed by atoms with E-state index in [1.807, 2.05) is 24.3 Å². The van der Waals surface area contributed by atoms with Crippen LogP contribution in [0.4, 0.5) is 4.39 Å². The van der Waals surface area contributed by atoms with E-state index in [9.17, 15) is 4.39 Å². The molecule has 3 heteroatoms. The number of rotatable bonds is 5. The molecule has 0 saturated heterocycles. The molecule has 0 saturated carbocycles. The number of benzene rings is 2. The Morgan fingerprint density at radius 1 is 1.15 bits per heavy atom. The van der Waals surface area contributed by atoms with Crippen LogP contribution >= 0.6 is 11.6 Å². The van der Waals surface area contributed by atoms with E-state index in [0.29, 0.717) is 12.2 Å². The molecule has 1 atom stereocenters. The minimum absolute atomic E-state index is 0.211. The topological polar surface area (TPSA) is 9.23 Å². The predicted molar refractivity (Wildman–Crippen MR) is 81.1 cm³/mol. The third kappa shape index (κ3) is 3.51. The quantitative estimate of drug-likeness (QED) is 0.684. The molecular weight excluding hydrogens is 275 g/mol. The summed E-state index contributed by atoms with van der Waals surface area (Å²) >= 11 is 6.48. The van der Waals surface area contributed by atoms with Crippen LogP contribution in [0.15, 0.2) is 42.5 Å². The van der Waals surface area contributed by atoms with Gasteiger partial charge in [0, 0.05) is 0 Å². The molecule has 2 aromatic carbocycles. The third-order valence-corrected chi connectivity index (χ3v) is 3.60. The molecular formula is C17H18ClFO. The molecule has 20 heavy (non-hydrogen) atoms. The zero-order valence-electron chi connectivity index (χ0n) is 11.7. The van der Waals surface area contributed by atoms with Crippen molar-refractivity contribution in [3.8, 4) is 5.75 Å². The summed E-state index contributed by atoms with van der Waals surface area (Å²) in [5.74, 6) is 0.603. The fraction of sp³-hybridized carbons (Fsp3) is 0.294. The van der Waals surface area contributed by atoms with Gasteiger partial charge in [0.25, 0.3) is 0 Å². The van der Waals surface area contributed by atoms with Crippen molar-refractivity contribution in [1.29, 1.82) is 0 Å². The van der Waals surface area contributed by atoms with Crippen molar-refractivity contribution in [3.63, 3.8) is 0 Å². The van der Waals surface area contributed by atoms with Gasteiger partial charge in [0.15, 0.2) is 0 Å². The molecule has 0 heterocycles. The molecule has 0 aliphatic heterocycles. The molecule has 0 amide bonds. The molecule has 0 bridgehead atoms. The third-order valence-electron chi connectivity index (χ3n) is 3.10. The van der Waals surface area contributed by atoms with Crippen molar-refractivity contribution < 1.29 is 9.13 Å². The van der Waals surface area contributed by atoms with Crippen molar-refractivity contribution in [2.45, 2.75) is 25.6 Å². The lowest BCUT2D eigenvalue weighted by atomic mass is 10.0. The van der Waals surface area contributed by atoms with Crippen molar-refractivity contribution in [3.05, 3.63) is 65.0 Å². The first-order valence-electron chi connectivity index (χ1n) is 6.74. The Bertz CT molecular complexity index is 583. The number of aryl methyl sites for hydroxylation is 1. The molecule has 1 unspecified atom stereocenters. The van der Waals surface area contributed by atoms with E-state index in [2.05, 4.69) is 6.92 Å². The van der Waals surface area contributed by atoms with Gasteiger partial charge in [-0.3, -0.25) is 0 Å². The van der Waals surface area contributed by atoms with Crippen LogP contribution in [0.1, 0.15) is 35.4 Å². The Labute approximate surface area is 124 Å². The maximum Gasteiger partial charge on any atom is 0.126 e. The fourth-order valence-electron chi connectivity index (χ4n) is 2.00. The van der Waals surface area contributed by atoms with E-state index in [-0.39, 0.29) is 11.2 Å². The van der Waals surface area contributed by atoms with Gasteiger partial charge < -0.3 is 4.74 Å². The van der Waals surface area contributed by atoms with Gasteiger partial charge in [-0.1, -0.05) is 31.2 Å². The molecule has 0 aromatic heterocycles. The van der Waals surface area contributed by atoms with Crippen LogP contribution in [0, 0.1) is 12.7 Å². The highest BCUT2D eigenvalue weighted by atomic mass is 35.5. The van der Waals surface area contributed by atoms with Gasteiger partial charge in [0.05, 0.1) is 12.0 Å². The lowest BCUT2D eigenvalue weighted by Crippen LogP contribution is -1.98. The molecule has 0 aliphatic carbocycles. The van der Waals surface area contributed by atoms with Gasteiger partial charge in [-0.2, -0.15) is 0 Å². The average molecular weight is 293 g/mol. The summed E-state index contributed by atoms with van der Waals surface area (Å²) in [5, 5.41) is -0.306. The number of alkyl halides is 1. The van der Waals surface area contributed by atoms with Crippen molar-refractivity contribution in [2.75, 3.05) is 6.61 Å². The Kier molecular flexibility index (Phi) is 5.02. The monoisotopic (exact) mass is 292 g/mol. The van der Waals surface area contributed by atoms with Crippen molar-refractivity contribution >= 4 is 11.6 Å². The van der Waals surface area contributed by atoms with E-state index in [1.165, 1.54) is 6.07 Å². The van der Waals surface area contributed by atoms with E-state index in [1.54, 1.807) is 19.1 Å². The van der Waals surface area contributed by atoms with Crippen LogP contribution in [0.25, 0.3) is 0 Å². The largest absolute Gasteiger partial charge is 0.494 e. The van der Waals surface area contributed by atoms with Gasteiger partial charge in [-0.05, 0) is 48.2 Å². The first kappa shape index (κ1) is 14.9.